The molecule has 132 valence electrons. The molecule has 1 N–H and O–H groups in total. The van der Waals surface area contributed by atoms with E-state index in [1.807, 2.05) is 30.3 Å². The second-order valence-corrected chi connectivity index (χ2v) is 6.20. The van der Waals surface area contributed by atoms with Crippen LogP contribution in [0.3, 0.4) is 0 Å². The zero-order valence-corrected chi connectivity index (χ0v) is 13.3. The van der Waals surface area contributed by atoms with E-state index in [2.05, 4.69) is 4.98 Å². The van der Waals surface area contributed by atoms with Gasteiger partial charge in [0.2, 0.25) is 0 Å². The van der Waals surface area contributed by atoms with E-state index >= 15 is 0 Å². The lowest BCUT2D eigenvalue weighted by atomic mass is 9.80. The van der Waals surface area contributed by atoms with Gasteiger partial charge in [0.25, 0.3) is 5.91 Å². The first-order valence-corrected chi connectivity index (χ1v) is 7.84. The first kappa shape index (κ1) is 17.4. The molecule has 0 bridgehead atoms. The minimum Gasteiger partial charge on any atom is -0.395 e. The lowest BCUT2D eigenvalue weighted by molar-refractivity contribution is -0.138. The highest BCUT2D eigenvalue weighted by molar-refractivity contribution is 5.96. The molecule has 3 rings (SSSR count). The fraction of sp³-hybridized carbons (Fsp3) is 0.333. The topological polar surface area (TPSA) is 53.4 Å². The molecule has 0 radical (unpaired) electrons. The van der Waals surface area contributed by atoms with Crippen molar-refractivity contribution in [3.05, 3.63) is 65.5 Å². The normalized spacial score (nSPS) is 20.7. The van der Waals surface area contributed by atoms with Gasteiger partial charge < -0.3 is 10.0 Å². The number of hydrogen-bond donors (Lipinski definition) is 1. The third kappa shape index (κ3) is 3.24. The van der Waals surface area contributed by atoms with Crippen LogP contribution in [0.15, 0.2) is 48.8 Å². The summed E-state index contributed by atoms with van der Waals surface area (Å²) in [6.07, 6.45) is -2.31. The maximum atomic E-state index is 13.1. The number of alkyl halides is 3. The molecule has 1 aliphatic rings. The summed E-state index contributed by atoms with van der Waals surface area (Å²) < 4.78 is 39.4. The highest BCUT2D eigenvalue weighted by Gasteiger charge is 2.43. The van der Waals surface area contributed by atoms with Crippen molar-refractivity contribution < 1.29 is 23.1 Å². The number of aliphatic hydroxyl groups excluding tert-OH is 1. The van der Waals surface area contributed by atoms with E-state index in [1.54, 1.807) is 0 Å². The number of aliphatic hydroxyl groups is 1. The van der Waals surface area contributed by atoms with Crippen LogP contribution in [0, 0.1) is 0 Å². The second-order valence-electron chi connectivity index (χ2n) is 6.20. The summed E-state index contributed by atoms with van der Waals surface area (Å²) in [6, 6.07) is 10.3. The maximum Gasteiger partial charge on any atom is 0.418 e. The number of benzene rings is 1. The molecule has 4 nitrogen and oxygen atoms in total. The molecule has 1 saturated heterocycles. The molecular weight excluding hydrogens is 333 g/mol. The number of pyridine rings is 1. The number of halogens is 3. The molecule has 7 heteroatoms. The number of nitrogens with zero attached hydrogens (tertiary/aromatic N) is 2. The first-order valence-electron chi connectivity index (χ1n) is 7.84. The van der Waals surface area contributed by atoms with Crippen LogP contribution < -0.4 is 0 Å². The Bertz CT molecular complexity index is 764. The Morgan fingerprint density at radius 3 is 2.60 bits per heavy atom. The lowest BCUT2D eigenvalue weighted by Crippen LogP contribution is -2.37. The Labute approximate surface area is 142 Å². The van der Waals surface area contributed by atoms with Crippen LogP contribution in [0.4, 0.5) is 13.2 Å². The van der Waals surface area contributed by atoms with Crippen molar-refractivity contribution in [3.8, 4) is 0 Å². The smallest absolute Gasteiger partial charge is 0.395 e. The van der Waals surface area contributed by atoms with Crippen LogP contribution in [-0.4, -0.2) is 40.6 Å². The molecular formula is C18H17F3N2O2. The summed E-state index contributed by atoms with van der Waals surface area (Å²) in [5.74, 6) is -0.694. The Hall–Kier alpha value is -2.41. The molecule has 2 heterocycles. The Balaban J connectivity index is 1.89. The standard InChI is InChI=1S/C18H17F3N2O2/c19-18(20,21)15-10-22-8-6-14(15)16(25)23-9-7-17(11-23,12-24)13-4-2-1-3-5-13/h1-6,8,10,24H,7,9,11-12H2. The van der Waals surface area contributed by atoms with Crippen molar-refractivity contribution in [1.82, 2.24) is 9.88 Å². The minimum atomic E-state index is -4.65. The number of carbonyl (C=O) groups excluding carboxylic acids is 1. The van der Waals surface area contributed by atoms with Crippen molar-refractivity contribution in [1.29, 1.82) is 0 Å². The molecule has 1 aromatic heterocycles. The fourth-order valence-electron chi connectivity index (χ4n) is 3.27. The molecule has 1 amide bonds. The number of likely N-dealkylation sites (tertiary alicyclic amines) is 1. The first-order chi connectivity index (χ1) is 11.9. The van der Waals surface area contributed by atoms with E-state index in [-0.39, 0.29) is 19.7 Å². The van der Waals surface area contributed by atoms with Gasteiger partial charge in [0, 0.05) is 30.9 Å². The Morgan fingerprint density at radius 1 is 1.24 bits per heavy atom. The van der Waals surface area contributed by atoms with Crippen LogP contribution in [0.2, 0.25) is 0 Å². The van der Waals surface area contributed by atoms with Gasteiger partial charge in [-0.2, -0.15) is 13.2 Å². The van der Waals surface area contributed by atoms with Crippen LogP contribution in [-0.2, 0) is 11.6 Å². The number of amides is 1. The third-order valence-corrected chi connectivity index (χ3v) is 4.69. The van der Waals surface area contributed by atoms with Crippen LogP contribution in [0.1, 0.15) is 27.9 Å². The van der Waals surface area contributed by atoms with Crippen molar-refractivity contribution in [3.63, 3.8) is 0 Å². The summed E-state index contributed by atoms with van der Waals surface area (Å²) in [7, 11) is 0. The van der Waals surface area contributed by atoms with Crippen molar-refractivity contribution in [2.24, 2.45) is 0 Å². The molecule has 1 fully saturated rings. The third-order valence-electron chi connectivity index (χ3n) is 4.69. The van der Waals surface area contributed by atoms with Gasteiger partial charge in [0.05, 0.1) is 17.7 Å². The van der Waals surface area contributed by atoms with E-state index in [4.69, 9.17) is 0 Å². The lowest BCUT2D eigenvalue weighted by Gasteiger charge is -2.28. The maximum absolute atomic E-state index is 13.1. The zero-order valence-electron chi connectivity index (χ0n) is 13.3. The number of aromatic nitrogens is 1. The quantitative estimate of drug-likeness (QED) is 0.926. The molecule has 2 aromatic rings. The van der Waals surface area contributed by atoms with Gasteiger partial charge in [-0.25, -0.2) is 0 Å². The van der Waals surface area contributed by atoms with Gasteiger partial charge in [0.15, 0.2) is 0 Å². The Morgan fingerprint density at radius 2 is 1.96 bits per heavy atom. The van der Waals surface area contributed by atoms with Crippen LogP contribution >= 0.6 is 0 Å². The summed E-state index contributed by atoms with van der Waals surface area (Å²) in [4.78, 5) is 17.5. The van der Waals surface area contributed by atoms with E-state index in [0.29, 0.717) is 12.6 Å². The highest BCUT2D eigenvalue weighted by Crippen LogP contribution is 2.36. The minimum absolute atomic E-state index is 0.173. The van der Waals surface area contributed by atoms with Crippen molar-refractivity contribution >= 4 is 5.91 Å². The van der Waals surface area contributed by atoms with Gasteiger partial charge >= 0.3 is 6.18 Å². The summed E-state index contributed by atoms with van der Waals surface area (Å²) in [5.41, 5.74) is -1.23. The summed E-state index contributed by atoms with van der Waals surface area (Å²) in [6.45, 7) is 0.281. The van der Waals surface area contributed by atoms with E-state index in [1.165, 1.54) is 11.1 Å². The van der Waals surface area contributed by atoms with E-state index in [0.717, 1.165) is 11.6 Å². The predicted molar refractivity (Wildman–Crippen MR) is 85.0 cm³/mol. The average molecular weight is 350 g/mol. The van der Waals surface area contributed by atoms with Crippen molar-refractivity contribution in [2.45, 2.75) is 18.0 Å². The van der Waals surface area contributed by atoms with Gasteiger partial charge in [-0.05, 0) is 18.1 Å². The van der Waals surface area contributed by atoms with E-state index < -0.39 is 28.6 Å². The molecule has 1 aromatic carbocycles. The molecule has 1 unspecified atom stereocenters. The fourth-order valence-corrected chi connectivity index (χ4v) is 3.27. The summed E-state index contributed by atoms with van der Waals surface area (Å²) in [5, 5.41) is 9.90. The molecule has 0 saturated carbocycles. The Kier molecular flexibility index (Phi) is 4.51. The highest BCUT2D eigenvalue weighted by atomic mass is 19.4. The molecule has 1 aliphatic heterocycles. The number of rotatable bonds is 3. The largest absolute Gasteiger partial charge is 0.418 e. The van der Waals surface area contributed by atoms with Crippen LogP contribution in [0.5, 0.6) is 0 Å². The van der Waals surface area contributed by atoms with Gasteiger partial charge in [-0.1, -0.05) is 30.3 Å². The molecule has 0 spiro atoms. The van der Waals surface area contributed by atoms with E-state index in [9.17, 15) is 23.1 Å². The van der Waals surface area contributed by atoms with Crippen LogP contribution in [0.25, 0.3) is 0 Å². The van der Waals surface area contributed by atoms with Gasteiger partial charge in [0.1, 0.15) is 0 Å². The zero-order chi connectivity index (χ0) is 18.1. The number of carbonyl (C=O) groups is 1. The van der Waals surface area contributed by atoms with Gasteiger partial charge in [-0.3, -0.25) is 9.78 Å². The predicted octanol–water partition coefficient (Wildman–Crippen LogP) is 2.88. The number of hydrogen-bond acceptors (Lipinski definition) is 3. The molecule has 25 heavy (non-hydrogen) atoms. The SMILES string of the molecule is O=C(c1ccncc1C(F)(F)F)N1CCC(CO)(c2ccccc2)C1. The monoisotopic (exact) mass is 350 g/mol. The van der Waals surface area contributed by atoms with Crippen molar-refractivity contribution in [2.75, 3.05) is 19.7 Å². The van der Waals surface area contributed by atoms with Gasteiger partial charge in [-0.15, -0.1) is 0 Å². The summed E-state index contributed by atoms with van der Waals surface area (Å²) >= 11 is 0. The second kappa shape index (κ2) is 6.48. The molecule has 0 aliphatic carbocycles. The molecule has 1 atom stereocenters. The average Bonchev–Trinajstić information content (AvgIpc) is 3.07.